The van der Waals surface area contributed by atoms with E-state index in [-0.39, 0.29) is 28.5 Å². The van der Waals surface area contributed by atoms with Crippen LogP contribution in [0.15, 0.2) is 73.7 Å². The Bertz CT molecular complexity index is 2140. The van der Waals surface area contributed by atoms with Crippen LogP contribution in [-0.4, -0.2) is 59.3 Å². The first-order valence-electron chi connectivity index (χ1n) is 16.3. The molecule has 20 heteroatoms. The zero-order chi connectivity index (χ0) is 41.4. The van der Waals surface area contributed by atoms with Crippen molar-refractivity contribution in [1.82, 2.24) is 33.7 Å². The van der Waals surface area contributed by atoms with Gasteiger partial charge < -0.3 is 9.47 Å². The van der Waals surface area contributed by atoms with Crippen molar-refractivity contribution < 1.29 is 57.8 Å². The quantitative estimate of drug-likeness (QED) is 0.142. The lowest BCUT2D eigenvalue weighted by Gasteiger charge is -2.11. The van der Waals surface area contributed by atoms with E-state index in [1.165, 1.54) is 41.3 Å². The van der Waals surface area contributed by atoms with Crippen LogP contribution in [0, 0.1) is 5.82 Å². The summed E-state index contributed by atoms with van der Waals surface area (Å²) in [5, 5.41) is 0. The molecule has 298 valence electrons. The molecule has 6 heterocycles. The van der Waals surface area contributed by atoms with Crippen LogP contribution in [0.25, 0.3) is 33.7 Å². The summed E-state index contributed by atoms with van der Waals surface area (Å²) in [5.74, 6) is -8.37. The first-order chi connectivity index (χ1) is 25.7. The second-order valence-electron chi connectivity index (χ2n) is 10.9. The molecule has 6 aromatic heterocycles. The van der Waals surface area contributed by atoms with Gasteiger partial charge in [0.15, 0.2) is 24.7 Å². The maximum absolute atomic E-state index is 13.9. The van der Waals surface area contributed by atoms with Crippen LogP contribution in [0.3, 0.4) is 0 Å². The second-order valence-corrected chi connectivity index (χ2v) is 10.9. The lowest BCUT2D eigenvalue weighted by Crippen LogP contribution is -2.20. The Morgan fingerprint density at radius 3 is 1.60 bits per heavy atom. The second kappa shape index (κ2) is 17.7. The Labute approximate surface area is 306 Å². The molecule has 0 saturated heterocycles. The summed E-state index contributed by atoms with van der Waals surface area (Å²) in [6.45, 7) is 6.35. The molecule has 0 N–H and O–H groups in total. The van der Waals surface area contributed by atoms with Crippen LogP contribution in [0.2, 0.25) is 0 Å². The van der Waals surface area contributed by atoms with Gasteiger partial charge in [-0.25, -0.2) is 24.3 Å². The summed E-state index contributed by atoms with van der Waals surface area (Å²) in [6.07, 6.45) is -0.756. The normalized spacial score (nSPS) is 11.9. The third-order valence-electron chi connectivity index (χ3n) is 6.73. The number of hydrogen-bond donors (Lipinski definition) is 0. The number of hydrogen-bond acceptors (Lipinski definition) is 7. The third kappa shape index (κ3) is 12.0. The summed E-state index contributed by atoms with van der Waals surface area (Å²) in [6, 6.07) is 6.87. The highest BCUT2D eigenvalue weighted by atomic mass is 19.4. The number of aromatic nitrogens is 7. The highest BCUT2D eigenvalue weighted by Gasteiger charge is 2.31. The highest BCUT2D eigenvalue weighted by molar-refractivity contribution is 5.64. The van der Waals surface area contributed by atoms with E-state index in [2.05, 4.69) is 34.4 Å². The molecule has 0 aliphatic heterocycles. The molecule has 0 spiro atoms. The van der Waals surface area contributed by atoms with Crippen molar-refractivity contribution in [3.05, 3.63) is 90.9 Å². The minimum absolute atomic E-state index is 0.0721. The van der Waals surface area contributed by atoms with Crippen LogP contribution in [0.4, 0.5) is 48.3 Å². The van der Waals surface area contributed by atoms with Gasteiger partial charge in [0.1, 0.15) is 17.0 Å². The number of imidazole rings is 2. The van der Waals surface area contributed by atoms with Gasteiger partial charge in [-0.2, -0.15) is 43.9 Å². The number of ether oxygens (including phenoxy) is 2. The molecule has 0 aliphatic carbocycles. The van der Waals surface area contributed by atoms with Crippen molar-refractivity contribution in [2.45, 2.75) is 65.7 Å². The Morgan fingerprint density at radius 1 is 0.545 bits per heavy atom. The molecule has 0 atom stereocenters. The standard InChI is InChI=1S/C16H12F5N3O.C15H10F6N4O.2C2H6/c1-15(17,18)12-7-22-13-4-2-11(8-24(12)13)10-3-5-14(23-6-10)25-9-16(19,20)21;1-14(17,18)11-4-23-12-5-22-10(6-25(11)12)8-2-9(16)13(24-3-8)26-7-15(19,20)21;2*1-2/h2-8H,9H2,1H3;2-6H,7H2,1H3;2*1-2H3. The third-order valence-corrected chi connectivity index (χ3v) is 6.73. The lowest BCUT2D eigenvalue weighted by molar-refractivity contribution is -0.154. The Hall–Kier alpha value is -5.56. The smallest absolute Gasteiger partial charge is 0.422 e. The maximum atomic E-state index is 13.9. The zero-order valence-electron chi connectivity index (χ0n) is 29.9. The van der Waals surface area contributed by atoms with Gasteiger partial charge in [-0.3, -0.25) is 13.8 Å². The lowest BCUT2D eigenvalue weighted by atomic mass is 10.1. The topological polar surface area (TPSA) is 91.7 Å². The monoisotopic (exact) mass is 793 g/mol. The highest BCUT2D eigenvalue weighted by Crippen LogP contribution is 2.31. The van der Waals surface area contributed by atoms with Crippen molar-refractivity contribution in [2.75, 3.05) is 13.2 Å². The van der Waals surface area contributed by atoms with E-state index >= 15 is 0 Å². The van der Waals surface area contributed by atoms with Gasteiger partial charge in [0.2, 0.25) is 5.88 Å². The molecule has 0 fully saturated rings. The molecule has 0 radical (unpaired) electrons. The Balaban J connectivity index is 0.000000271. The number of halogens is 11. The summed E-state index contributed by atoms with van der Waals surface area (Å²) in [7, 11) is 0. The summed E-state index contributed by atoms with van der Waals surface area (Å²) >= 11 is 0. The first-order valence-corrected chi connectivity index (χ1v) is 16.3. The van der Waals surface area contributed by atoms with E-state index in [1.54, 1.807) is 12.1 Å². The van der Waals surface area contributed by atoms with Crippen LogP contribution in [-0.2, 0) is 11.8 Å². The molecular formula is C35H34F11N7O2. The fourth-order valence-electron chi connectivity index (χ4n) is 4.45. The molecule has 9 nitrogen and oxygen atoms in total. The van der Waals surface area contributed by atoms with Gasteiger partial charge >= 0.3 is 12.4 Å². The predicted molar refractivity (Wildman–Crippen MR) is 180 cm³/mol. The van der Waals surface area contributed by atoms with E-state index in [0.29, 0.717) is 23.7 Å². The maximum Gasteiger partial charge on any atom is 0.422 e. The molecule has 6 rings (SSSR count). The zero-order valence-corrected chi connectivity index (χ0v) is 29.9. The molecule has 55 heavy (non-hydrogen) atoms. The van der Waals surface area contributed by atoms with E-state index in [0.717, 1.165) is 36.0 Å². The summed E-state index contributed by atoms with van der Waals surface area (Å²) < 4.78 is 152. The molecule has 0 unspecified atom stereocenters. The van der Waals surface area contributed by atoms with Gasteiger partial charge in [0.05, 0.1) is 24.3 Å². The summed E-state index contributed by atoms with van der Waals surface area (Å²) in [4.78, 5) is 19.0. The molecule has 0 saturated carbocycles. The minimum atomic E-state index is -4.64. The predicted octanol–water partition coefficient (Wildman–Crippen LogP) is 10.5. The SMILES string of the molecule is CC.CC.CC(F)(F)c1cnc2ccc(-c3ccc(OCC(F)(F)F)nc3)cn12.CC(F)(F)c1cnc2cnc(-c3cnc(OCC(F)(F)F)c(F)c3)cn12. The van der Waals surface area contributed by atoms with Gasteiger partial charge in [0.25, 0.3) is 17.7 Å². The van der Waals surface area contributed by atoms with E-state index in [9.17, 15) is 48.3 Å². The Kier molecular flexibility index (Phi) is 14.1. The van der Waals surface area contributed by atoms with Gasteiger partial charge in [0, 0.05) is 61.4 Å². The number of nitrogens with zero attached hydrogens (tertiary/aromatic N) is 7. The molecule has 0 amide bonds. The van der Waals surface area contributed by atoms with Crippen molar-refractivity contribution in [3.8, 4) is 34.1 Å². The van der Waals surface area contributed by atoms with E-state index in [4.69, 9.17) is 0 Å². The van der Waals surface area contributed by atoms with Crippen LogP contribution in [0.5, 0.6) is 11.8 Å². The van der Waals surface area contributed by atoms with Crippen molar-refractivity contribution >= 4 is 11.3 Å². The van der Waals surface area contributed by atoms with Crippen molar-refractivity contribution in [2.24, 2.45) is 0 Å². The Morgan fingerprint density at radius 2 is 1.07 bits per heavy atom. The van der Waals surface area contributed by atoms with Crippen molar-refractivity contribution in [3.63, 3.8) is 0 Å². The molecule has 0 aromatic carbocycles. The number of fused-ring (bicyclic) bond motifs is 2. The van der Waals surface area contributed by atoms with Crippen LogP contribution < -0.4 is 9.47 Å². The van der Waals surface area contributed by atoms with E-state index in [1.807, 2.05) is 27.7 Å². The molecular weight excluding hydrogens is 759 g/mol. The minimum Gasteiger partial charge on any atom is -0.468 e. The molecule has 6 aromatic rings. The fraction of sp³-hybridized carbons (Fsp3) is 0.343. The number of rotatable bonds is 8. The fourth-order valence-corrected chi connectivity index (χ4v) is 4.45. The number of alkyl halides is 10. The van der Waals surface area contributed by atoms with Gasteiger partial charge in [-0.05, 0) is 24.3 Å². The molecule has 0 aliphatic rings. The first kappa shape index (κ1) is 43.8. The van der Waals surface area contributed by atoms with Crippen molar-refractivity contribution in [1.29, 1.82) is 0 Å². The largest absolute Gasteiger partial charge is 0.468 e. The summed E-state index contributed by atoms with van der Waals surface area (Å²) in [5.41, 5.74) is 1.11. The molecule has 0 bridgehead atoms. The number of pyridine rings is 3. The van der Waals surface area contributed by atoms with Gasteiger partial charge in [-0.15, -0.1) is 0 Å². The van der Waals surface area contributed by atoms with Gasteiger partial charge in [-0.1, -0.05) is 27.7 Å². The average Bonchev–Trinajstić information content (AvgIpc) is 3.76. The van der Waals surface area contributed by atoms with Crippen LogP contribution >= 0.6 is 0 Å². The van der Waals surface area contributed by atoms with Crippen LogP contribution in [0.1, 0.15) is 52.9 Å². The average molecular weight is 794 g/mol. The van der Waals surface area contributed by atoms with E-state index < -0.39 is 54.8 Å².